The first-order chi connectivity index (χ1) is 14.2. The molecule has 152 valence electrons. The van der Waals surface area contributed by atoms with Crippen molar-refractivity contribution in [1.82, 2.24) is 15.2 Å². The fourth-order valence-corrected chi connectivity index (χ4v) is 5.23. The summed E-state index contributed by atoms with van der Waals surface area (Å²) in [6.45, 7) is 2.72. The van der Waals surface area contributed by atoms with Crippen LogP contribution in [0.25, 0.3) is 10.2 Å². The van der Waals surface area contributed by atoms with Crippen LogP contribution in [-0.4, -0.2) is 35.4 Å². The number of nitrogens with one attached hydrogen (secondary N) is 1. The molecular formula is C23H26ClN3OS. The molecule has 1 unspecified atom stereocenters. The third-order valence-corrected chi connectivity index (χ3v) is 6.91. The Morgan fingerprint density at radius 1 is 1.14 bits per heavy atom. The van der Waals surface area contributed by atoms with E-state index in [2.05, 4.69) is 27.3 Å². The maximum Gasteiger partial charge on any atom is 0.220 e. The molecule has 1 amide bonds. The molecule has 0 saturated carbocycles. The molecule has 1 aliphatic rings. The van der Waals surface area contributed by atoms with Gasteiger partial charge in [0.05, 0.1) is 21.3 Å². The van der Waals surface area contributed by atoms with E-state index in [1.807, 2.05) is 36.4 Å². The molecule has 2 heterocycles. The number of nitrogens with zero attached hydrogens (tertiary/aromatic N) is 2. The van der Waals surface area contributed by atoms with Crippen molar-refractivity contribution in [3.63, 3.8) is 0 Å². The van der Waals surface area contributed by atoms with Crippen LogP contribution in [0.4, 0.5) is 0 Å². The Labute approximate surface area is 180 Å². The highest BCUT2D eigenvalue weighted by atomic mass is 35.5. The Morgan fingerprint density at radius 2 is 1.90 bits per heavy atom. The van der Waals surface area contributed by atoms with E-state index in [1.54, 1.807) is 11.3 Å². The maximum absolute atomic E-state index is 12.5. The summed E-state index contributed by atoms with van der Waals surface area (Å²) < 4.78 is 1.21. The Kier molecular flexibility index (Phi) is 6.80. The van der Waals surface area contributed by atoms with Crippen LogP contribution < -0.4 is 5.32 Å². The molecule has 1 saturated heterocycles. The van der Waals surface area contributed by atoms with Gasteiger partial charge in [-0.3, -0.25) is 9.69 Å². The summed E-state index contributed by atoms with van der Waals surface area (Å²) in [5, 5.41) is 5.02. The fraction of sp³-hybridized carbons (Fsp3) is 0.391. The molecule has 1 atom stereocenters. The Hall–Kier alpha value is -1.95. The summed E-state index contributed by atoms with van der Waals surface area (Å²) in [6.07, 6.45) is 4.58. The van der Waals surface area contributed by atoms with Crippen molar-refractivity contribution in [2.75, 3.05) is 19.6 Å². The number of likely N-dealkylation sites (tertiary alicyclic amines) is 1. The summed E-state index contributed by atoms with van der Waals surface area (Å²) >= 11 is 8.17. The van der Waals surface area contributed by atoms with Gasteiger partial charge in [0, 0.05) is 18.0 Å². The molecular weight excluding hydrogens is 402 g/mol. The summed E-state index contributed by atoms with van der Waals surface area (Å²) in [5.41, 5.74) is 2.15. The number of hydrogen-bond donors (Lipinski definition) is 1. The summed E-state index contributed by atoms with van der Waals surface area (Å²) in [6, 6.07) is 16.3. The molecule has 3 aromatic rings. The van der Waals surface area contributed by atoms with E-state index in [0.717, 1.165) is 47.0 Å². The average molecular weight is 428 g/mol. The number of amides is 1. The molecule has 4 nitrogen and oxygen atoms in total. The van der Waals surface area contributed by atoms with Gasteiger partial charge in [-0.2, -0.15) is 0 Å². The zero-order valence-electron chi connectivity index (χ0n) is 16.4. The highest BCUT2D eigenvalue weighted by Crippen LogP contribution is 2.29. The molecule has 1 aromatic heterocycles. The zero-order chi connectivity index (χ0) is 20.1. The number of fused-ring (bicyclic) bond motifs is 1. The highest BCUT2D eigenvalue weighted by molar-refractivity contribution is 7.18. The number of aryl methyl sites for hydroxylation is 1. The van der Waals surface area contributed by atoms with Gasteiger partial charge in [0.1, 0.15) is 0 Å². The Morgan fingerprint density at radius 3 is 2.69 bits per heavy atom. The third-order valence-electron chi connectivity index (χ3n) is 5.47. The van der Waals surface area contributed by atoms with Crippen LogP contribution in [0.1, 0.15) is 42.3 Å². The molecule has 0 bridgehead atoms. The normalized spacial score (nSPS) is 15.6. The van der Waals surface area contributed by atoms with Crippen molar-refractivity contribution in [3.05, 3.63) is 64.1 Å². The third kappa shape index (κ3) is 5.16. The van der Waals surface area contributed by atoms with E-state index in [0.29, 0.717) is 13.0 Å². The van der Waals surface area contributed by atoms with Crippen LogP contribution in [0.3, 0.4) is 0 Å². The number of benzene rings is 2. The van der Waals surface area contributed by atoms with E-state index in [1.165, 1.54) is 17.5 Å². The quantitative estimate of drug-likeness (QED) is 0.535. The number of halogens is 1. The number of para-hydroxylation sites is 1. The topological polar surface area (TPSA) is 45.2 Å². The molecule has 6 heteroatoms. The minimum atomic E-state index is 0.0994. The van der Waals surface area contributed by atoms with E-state index >= 15 is 0 Å². The number of carbonyl (C=O) groups is 1. The second kappa shape index (κ2) is 9.70. The molecule has 1 fully saturated rings. The van der Waals surface area contributed by atoms with E-state index in [-0.39, 0.29) is 11.9 Å². The molecule has 29 heavy (non-hydrogen) atoms. The first kappa shape index (κ1) is 20.3. The lowest BCUT2D eigenvalue weighted by Crippen LogP contribution is -2.36. The van der Waals surface area contributed by atoms with Gasteiger partial charge in [0.25, 0.3) is 0 Å². The number of rotatable bonds is 8. The Bertz CT molecular complexity index is 934. The van der Waals surface area contributed by atoms with Gasteiger partial charge < -0.3 is 5.32 Å². The van der Waals surface area contributed by atoms with Crippen molar-refractivity contribution in [2.45, 2.75) is 38.1 Å². The van der Waals surface area contributed by atoms with E-state index in [9.17, 15) is 4.79 Å². The number of thiazole rings is 1. The van der Waals surface area contributed by atoms with Crippen molar-refractivity contribution < 1.29 is 4.79 Å². The summed E-state index contributed by atoms with van der Waals surface area (Å²) in [7, 11) is 0. The second-order valence-corrected chi connectivity index (χ2v) is 9.04. The standard InChI is InChI=1S/C23H26ClN3OS/c24-18-9-2-1-8-17(18)20(27-14-5-6-15-27)16-25-22(28)12-7-13-23-26-19-10-3-4-11-21(19)29-23/h1-4,8-11,20H,5-7,12-16H2,(H,25,28). The lowest BCUT2D eigenvalue weighted by Gasteiger charge is -2.29. The van der Waals surface area contributed by atoms with Gasteiger partial charge in [-0.1, -0.05) is 41.9 Å². The summed E-state index contributed by atoms with van der Waals surface area (Å²) in [5.74, 6) is 0.0994. The van der Waals surface area contributed by atoms with Crippen molar-refractivity contribution >= 4 is 39.1 Å². The van der Waals surface area contributed by atoms with Crippen LogP contribution in [0.15, 0.2) is 48.5 Å². The fourth-order valence-electron chi connectivity index (χ4n) is 3.96. The van der Waals surface area contributed by atoms with Gasteiger partial charge in [0.15, 0.2) is 0 Å². The lowest BCUT2D eigenvalue weighted by atomic mass is 10.1. The molecule has 0 aliphatic carbocycles. The van der Waals surface area contributed by atoms with E-state index < -0.39 is 0 Å². The van der Waals surface area contributed by atoms with Gasteiger partial charge >= 0.3 is 0 Å². The van der Waals surface area contributed by atoms with Gasteiger partial charge in [-0.05, 0) is 62.5 Å². The lowest BCUT2D eigenvalue weighted by molar-refractivity contribution is -0.121. The van der Waals surface area contributed by atoms with Crippen LogP contribution in [0, 0.1) is 0 Å². The minimum Gasteiger partial charge on any atom is -0.354 e. The van der Waals surface area contributed by atoms with Crippen LogP contribution in [0.2, 0.25) is 5.02 Å². The maximum atomic E-state index is 12.5. The Balaban J connectivity index is 1.30. The first-order valence-electron chi connectivity index (χ1n) is 10.3. The number of aromatic nitrogens is 1. The van der Waals surface area contributed by atoms with Crippen LogP contribution >= 0.6 is 22.9 Å². The van der Waals surface area contributed by atoms with Gasteiger partial charge in [-0.15, -0.1) is 11.3 Å². The SMILES string of the molecule is O=C(CCCc1nc2ccccc2s1)NCC(c1ccccc1Cl)N1CCCC1. The minimum absolute atomic E-state index is 0.0994. The summed E-state index contributed by atoms with van der Waals surface area (Å²) in [4.78, 5) is 19.5. The van der Waals surface area contributed by atoms with E-state index in [4.69, 9.17) is 11.6 Å². The van der Waals surface area contributed by atoms with Gasteiger partial charge in [0.2, 0.25) is 5.91 Å². The highest BCUT2D eigenvalue weighted by Gasteiger charge is 2.25. The molecule has 1 aliphatic heterocycles. The molecule has 0 radical (unpaired) electrons. The average Bonchev–Trinajstić information content (AvgIpc) is 3.39. The second-order valence-electron chi connectivity index (χ2n) is 7.51. The number of carbonyl (C=O) groups excluding carboxylic acids is 1. The van der Waals surface area contributed by atoms with Crippen LogP contribution in [-0.2, 0) is 11.2 Å². The molecule has 2 aromatic carbocycles. The van der Waals surface area contributed by atoms with Crippen molar-refractivity contribution in [3.8, 4) is 0 Å². The molecule has 1 N–H and O–H groups in total. The van der Waals surface area contributed by atoms with Crippen LogP contribution in [0.5, 0.6) is 0 Å². The number of hydrogen-bond acceptors (Lipinski definition) is 4. The van der Waals surface area contributed by atoms with Crippen molar-refractivity contribution in [1.29, 1.82) is 0 Å². The molecule has 4 rings (SSSR count). The smallest absolute Gasteiger partial charge is 0.220 e. The zero-order valence-corrected chi connectivity index (χ0v) is 18.0. The largest absolute Gasteiger partial charge is 0.354 e. The van der Waals surface area contributed by atoms with Crippen molar-refractivity contribution in [2.24, 2.45) is 0 Å². The monoisotopic (exact) mass is 427 g/mol. The first-order valence-corrected chi connectivity index (χ1v) is 11.5. The molecule has 0 spiro atoms. The predicted molar refractivity (Wildman–Crippen MR) is 121 cm³/mol. The van der Waals surface area contributed by atoms with Gasteiger partial charge in [-0.25, -0.2) is 4.98 Å². The predicted octanol–water partition coefficient (Wildman–Crippen LogP) is 5.23.